The van der Waals surface area contributed by atoms with E-state index in [4.69, 9.17) is 15.6 Å². The van der Waals surface area contributed by atoms with Gasteiger partial charge in [0.25, 0.3) is 0 Å². The van der Waals surface area contributed by atoms with Crippen molar-refractivity contribution in [1.29, 1.82) is 0 Å². The molecule has 1 saturated heterocycles. The van der Waals surface area contributed by atoms with Crippen LogP contribution in [0.25, 0.3) is 11.2 Å². The van der Waals surface area contributed by atoms with Crippen molar-refractivity contribution in [2.24, 2.45) is 0 Å². The first-order valence-electron chi connectivity index (χ1n) is 6.73. The highest BCUT2D eigenvalue weighted by Gasteiger charge is 2.27. The molecular formula is C12H18N6O3. The van der Waals surface area contributed by atoms with E-state index in [0.29, 0.717) is 23.5 Å². The van der Waals surface area contributed by atoms with Gasteiger partial charge in [-0.3, -0.25) is 9.47 Å². The Morgan fingerprint density at radius 2 is 2.14 bits per heavy atom. The summed E-state index contributed by atoms with van der Waals surface area (Å²) in [5, 5.41) is 18.9. The minimum atomic E-state index is -0.917. The van der Waals surface area contributed by atoms with Crippen molar-refractivity contribution in [3.63, 3.8) is 0 Å². The average Bonchev–Trinajstić information content (AvgIpc) is 3.21. The molecule has 2 aromatic rings. The molecule has 9 heteroatoms. The lowest BCUT2D eigenvalue weighted by Crippen LogP contribution is -2.38. The van der Waals surface area contributed by atoms with Crippen molar-refractivity contribution in [3.8, 4) is 0 Å². The second-order valence-corrected chi connectivity index (χ2v) is 5.03. The molecule has 0 unspecified atom stereocenters. The SMILES string of the molecule is Nc1ncnc2c1ncn2CO[C@H](CN1CC1)[C@H](O)CO. The number of nitrogens with two attached hydrogens (primary N) is 1. The normalized spacial score (nSPS) is 18.0. The van der Waals surface area contributed by atoms with Gasteiger partial charge in [-0.15, -0.1) is 0 Å². The molecule has 0 aromatic carbocycles. The molecule has 0 saturated carbocycles. The predicted molar refractivity (Wildman–Crippen MR) is 74.1 cm³/mol. The monoisotopic (exact) mass is 294 g/mol. The second kappa shape index (κ2) is 5.90. The number of ether oxygens (including phenoxy) is 1. The Labute approximate surface area is 121 Å². The van der Waals surface area contributed by atoms with Gasteiger partial charge in [-0.1, -0.05) is 0 Å². The van der Waals surface area contributed by atoms with E-state index in [1.807, 2.05) is 0 Å². The van der Waals surface area contributed by atoms with E-state index < -0.39 is 12.2 Å². The molecule has 2 aromatic heterocycles. The van der Waals surface area contributed by atoms with Gasteiger partial charge in [-0.05, 0) is 0 Å². The first-order valence-corrected chi connectivity index (χ1v) is 6.73. The van der Waals surface area contributed by atoms with Gasteiger partial charge in [0.1, 0.15) is 30.8 Å². The summed E-state index contributed by atoms with van der Waals surface area (Å²) < 4.78 is 7.40. The first-order chi connectivity index (χ1) is 10.2. The maximum Gasteiger partial charge on any atom is 0.167 e. The van der Waals surface area contributed by atoms with Crippen LogP contribution in [0.2, 0.25) is 0 Å². The standard InChI is InChI=1S/C12H18N6O3/c13-11-10-12(15-5-14-11)18(6-16-10)7-21-9(8(20)4-19)3-17-1-2-17/h5-6,8-9,19-20H,1-4,7H2,(H2,13,14,15)/t8-,9-/m1/s1. The Morgan fingerprint density at radius 1 is 1.33 bits per heavy atom. The van der Waals surface area contributed by atoms with Crippen LogP contribution in [0.3, 0.4) is 0 Å². The Bertz CT molecular complexity index is 614. The van der Waals surface area contributed by atoms with Crippen LogP contribution < -0.4 is 5.73 Å². The van der Waals surface area contributed by atoms with Crippen LogP contribution in [0.1, 0.15) is 0 Å². The minimum absolute atomic E-state index is 0.169. The van der Waals surface area contributed by atoms with Crippen molar-refractivity contribution >= 4 is 17.0 Å². The molecular weight excluding hydrogens is 276 g/mol. The van der Waals surface area contributed by atoms with Crippen LogP contribution in [0.5, 0.6) is 0 Å². The highest BCUT2D eigenvalue weighted by molar-refractivity contribution is 5.80. The number of rotatable bonds is 7. The summed E-state index contributed by atoms with van der Waals surface area (Å²) in [6.45, 7) is 2.41. The van der Waals surface area contributed by atoms with E-state index in [-0.39, 0.29) is 13.3 Å². The third-order valence-corrected chi connectivity index (χ3v) is 3.45. The Kier molecular flexibility index (Phi) is 3.97. The van der Waals surface area contributed by atoms with Crippen LogP contribution in [0, 0.1) is 0 Å². The van der Waals surface area contributed by atoms with Crippen molar-refractivity contribution in [3.05, 3.63) is 12.7 Å². The fourth-order valence-corrected chi connectivity index (χ4v) is 2.08. The van der Waals surface area contributed by atoms with Gasteiger partial charge >= 0.3 is 0 Å². The molecule has 114 valence electrons. The molecule has 9 nitrogen and oxygen atoms in total. The van der Waals surface area contributed by atoms with Crippen molar-refractivity contribution in [2.75, 3.05) is 32.0 Å². The maximum absolute atomic E-state index is 9.81. The number of nitrogens with zero attached hydrogens (tertiary/aromatic N) is 5. The van der Waals surface area contributed by atoms with Crippen molar-refractivity contribution in [2.45, 2.75) is 18.9 Å². The van der Waals surface area contributed by atoms with Gasteiger partial charge < -0.3 is 20.7 Å². The molecule has 0 amide bonds. The Morgan fingerprint density at radius 3 is 2.86 bits per heavy atom. The number of aromatic nitrogens is 4. The van der Waals surface area contributed by atoms with E-state index >= 15 is 0 Å². The van der Waals surface area contributed by atoms with Crippen LogP contribution in [0.4, 0.5) is 5.82 Å². The first kappa shape index (κ1) is 14.1. The van der Waals surface area contributed by atoms with Gasteiger partial charge in [-0.25, -0.2) is 15.0 Å². The molecule has 0 bridgehead atoms. The number of hydrogen-bond acceptors (Lipinski definition) is 8. The smallest absolute Gasteiger partial charge is 0.167 e. The van der Waals surface area contributed by atoms with Crippen molar-refractivity contribution in [1.82, 2.24) is 24.4 Å². The summed E-state index contributed by atoms with van der Waals surface area (Å²) in [6.07, 6.45) is 1.55. The third kappa shape index (κ3) is 3.10. The summed E-state index contributed by atoms with van der Waals surface area (Å²) in [4.78, 5) is 14.3. The van der Waals surface area contributed by atoms with Crippen LogP contribution in [0.15, 0.2) is 12.7 Å². The van der Waals surface area contributed by atoms with Crippen LogP contribution in [-0.2, 0) is 11.5 Å². The number of aliphatic hydroxyl groups excluding tert-OH is 2. The molecule has 3 heterocycles. The summed E-state index contributed by atoms with van der Waals surface area (Å²) in [5.74, 6) is 0.315. The lowest BCUT2D eigenvalue weighted by Gasteiger charge is -2.22. The fraction of sp³-hybridized carbons (Fsp3) is 0.583. The van der Waals surface area contributed by atoms with E-state index in [0.717, 1.165) is 13.1 Å². The molecule has 4 N–H and O–H groups in total. The number of aliphatic hydroxyl groups is 2. The van der Waals surface area contributed by atoms with E-state index in [1.54, 1.807) is 10.9 Å². The largest absolute Gasteiger partial charge is 0.394 e. The summed E-state index contributed by atoms with van der Waals surface area (Å²) in [6, 6.07) is 0. The predicted octanol–water partition coefficient (Wildman–Crippen LogP) is -1.58. The lowest BCUT2D eigenvalue weighted by atomic mass is 10.2. The maximum atomic E-state index is 9.81. The molecule has 21 heavy (non-hydrogen) atoms. The van der Waals surface area contributed by atoms with Gasteiger partial charge in [0.15, 0.2) is 11.5 Å². The summed E-state index contributed by atoms with van der Waals surface area (Å²) >= 11 is 0. The average molecular weight is 294 g/mol. The topological polar surface area (TPSA) is 122 Å². The second-order valence-electron chi connectivity index (χ2n) is 5.03. The van der Waals surface area contributed by atoms with Gasteiger partial charge in [0.05, 0.1) is 12.9 Å². The zero-order valence-corrected chi connectivity index (χ0v) is 11.5. The Hall–Kier alpha value is -1.81. The zero-order valence-electron chi connectivity index (χ0n) is 11.5. The number of hydrogen-bond donors (Lipinski definition) is 3. The van der Waals surface area contributed by atoms with Gasteiger partial charge in [0, 0.05) is 19.6 Å². The van der Waals surface area contributed by atoms with E-state index in [2.05, 4.69) is 19.9 Å². The number of fused-ring (bicyclic) bond motifs is 1. The van der Waals surface area contributed by atoms with Gasteiger partial charge in [-0.2, -0.15) is 0 Å². The molecule has 1 fully saturated rings. The number of anilines is 1. The van der Waals surface area contributed by atoms with Crippen molar-refractivity contribution < 1.29 is 14.9 Å². The van der Waals surface area contributed by atoms with Crippen LogP contribution in [-0.4, -0.2) is 73.1 Å². The third-order valence-electron chi connectivity index (χ3n) is 3.45. The highest BCUT2D eigenvalue weighted by Crippen LogP contribution is 2.15. The molecule has 1 aliphatic heterocycles. The molecule has 0 aliphatic carbocycles. The minimum Gasteiger partial charge on any atom is -0.394 e. The van der Waals surface area contributed by atoms with E-state index in [1.165, 1.54) is 6.33 Å². The van der Waals surface area contributed by atoms with Gasteiger partial charge in [0.2, 0.25) is 0 Å². The molecule has 0 radical (unpaired) electrons. The molecule has 1 aliphatic rings. The van der Waals surface area contributed by atoms with E-state index in [9.17, 15) is 5.11 Å². The van der Waals surface area contributed by atoms with Crippen LogP contribution >= 0.6 is 0 Å². The molecule has 2 atom stereocenters. The zero-order chi connectivity index (χ0) is 14.8. The summed E-state index contributed by atoms with van der Waals surface area (Å²) in [7, 11) is 0. The highest BCUT2D eigenvalue weighted by atomic mass is 16.5. The quantitative estimate of drug-likeness (QED) is 0.523. The summed E-state index contributed by atoms with van der Waals surface area (Å²) in [5.41, 5.74) is 6.82. The Balaban J connectivity index is 1.70. The fourth-order valence-electron chi connectivity index (χ4n) is 2.08. The molecule has 0 spiro atoms. The number of nitrogen functional groups attached to an aromatic ring is 1. The molecule has 3 rings (SSSR count). The number of imidazole rings is 1. The lowest BCUT2D eigenvalue weighted by molar-refractivity contribution is -0.0838.